The minimum absolute atomic E-state index is 0.0144. The van der Waals surface area contributed by atoms with Crippen LogP contribution in [0.2, 0.25) is 0 Å². The molecule has 0 N–H and O–H groups in total. The van der Waals surface area contributed by atoms with E-state index in [1.165, 1.54) is 117 Å². The Morgan fingerprint density at radius 1 is 0.439 bits per heavy atom. The zero-order chi connectivity index (χ0) is 45.7. The van der Waals surface area contributed by atoms with E-state index in [0.717, 1.165) is 6.42 Å². The molecule has 2 aliphatic carbocycles. The van der Waals surface area contributed by atoms with Crippen LogP contribution in [0.3, 0.4) is 0 Å². The third-order valence-corrected chi connectivity index (χ3v) is 15.9. The molecule has 0 atom stereocenters. The van der Waals surface area contributed by atoms with Gasteiger partial charge in [-0.2, -0.15) is 0 Å². The highest BCUT2D eigenvalue weighted by Crippen LogP contribution is 2.57. The van der Waals surface area contributed by atoms with E-state index in [9.17, 15) is 0 Å². The molecule has 12 rings (SSSR count). The number of fused-ring (bicyclic) bond motifs is 8. The van der Waals surface area contributed by atoms with E-state index in [1.807, 2.05) is 0 Å². The van der Waals surface area contributed by atoms with Crippen molar-refractivity contribution in [3.05, 3.63) is 197 Å². The quantitative estimate of drug-likeness (QED) is 0.163. The molecule has 2 nitrogen and oxygen atoms in total. The van der Waals surface area contributed by atoms with Crippen LogP contribution in [0, 0.1) is 6.92 Å². The fraction of sp³-hybridized carbons (Fsp3) is 0.238. The predicted octanol–water partition coefficient (Wildman–Crippen LogP) is 15.0. The van der Waals surface area contributed by atoms with Crippen LogP contribution in [-0.2, 0) is 21.7 Å². The lowest BCUT2D eigenvalue weighted by Gasteiger charge is -2.46. The molecule has 3 heteroatoms. The van der Waals surface area contributed by atoms with Gasteiger partial charge in [0.25, 0.3) is 6.71 Å². The summed E-state index contributed by atoms with van der Waals surface area (Å²) in [6, 6.07) is 62.8. The van der Waals surface area contributed by atoms with Crippen molar-refractivity contribution in [1.29, 1.82) is 0 Å². The van der Waals surface area contributed by atoms with Gasteiger partial charge in [0.05, 0.1) is 5.69 Å². The second-order valence-electron chi connectivity index (χ2n) is 22.6. The van der Waals surface area contributed by atoms with Gasteiger partial charge >= 0.3 is 0 Å². The minimum Gasteiger partial charge on any atom is -0.311 e. The molecule has 324 valence electrons. The first-order chi connectivity index (χ1) is 31.5. The van der Waals surface area contributed by atoms with Gasteiger partial charge in [-0.05, 0) is 150 Å². The Kier molecular flexibility index (Phi) is 8.66. The average Bonchev–Trinajstić information content (AvgIpc) is 3.65. The Hall–Kier alpha value is -6.58. The number of hydrogen-bond donors (Lipinski definition) is 0. The van der Waals surface area contributed by atoms with E-state index in [4.69, 9.17) is 0 Å². The third-order valence-electron chi connectivity index (χ3n) is 15.9. The van der Waals surface area contributed by atoms with Gasteiger partial charge < -0.3 is 9.80 Å². The van der Waals surface area contributed by atoms with Crippen molar-refractivity contribution < 1.29 is 0 Å². The predicted molar refractivity (Wildman–Crippen MR) is 283 cm³/mol. The Labute approximate surface area is 393 Å². The molecule has 0 fully saturated rings. The van der Waals surface area contributed by atoms with Gasteiger partial charge in [-0.1, -0.05) is 184 Å². The molecule has 4 aliphatic rings. The number of hydrogen-bond acceptors (Lipinski definition) is 2. The first kappa shape index (κ1) is 40.9. The van der Waals surface area contributed by atoms with E-state index in [0.29, 0.717) is 0 Å². The summed E-state index contributed by atoms with van der Waals surface area (Å²) in [5.41, 5.74) is 27.4. The minimum atomic E-state index is -0.137. The highest BCUT2D eigenvalue weighted by atomic mass is 15.2. The maximum absolute atomic E-state index is 2.68. The maximum atomic E-state index is 2.68. The molecule has 0 saturated carbocycles. The first-order valence-corrected chi connectivity index (χ1v) is 24.1. The van der Waals surface area contributed by atoms with Gasteiger partial charge in [0.2, 0.25) is 0 Å². The largest absolute Gasteiger partial charge is 0.311 e. The third kappa shape index (κ3) is 5.87. The molecule has 8 aromatic carbocycles. The Morgan fingerprint density at radius 2 is 1.00 bits per heavy atom. The van der Waals surface area contributed by atoms with Crippen molar-refractivity contribution in [3.63, 3.8) is 0 Å². The smallest absolute Gasteiger partial charge is 0.252 e. The molecular formula is C63H59BN2. The molecule has 0 amide bonds. The first-order valence-electron chi connectivity index (χ1n) is 24.1. The maximum Gasteiger partial charge on any atom is 0.252 e. The van der Waals surface area contributed by atoms with Crippen LogP contribution in [0.15, 0.2) is 164 Å². The lowest BCUT2D eigenvalue weighted by Crippen LogP contribution is -2.61. The lowest BCUT2D eigenvalue weighted by molar-refractivity contribution is 0.403. The van der Waals surface area contributed by atoms with Crippen molar-refractivity contribution >= 4 is 57.2 Å². The molecule has 8 aromatic rings. The molecule has 2 heterocycles. The van der Waals surface area contributed by atoms with Crippen molar-refractivity contribution in [2.45, 2.75) is 97.3 Å². The molecule has 0 radical (unpaired) electrons. The summed E-state index contributed by atoms with van der Waals surface area (Å²) in [5, 5.41) is 0. The van der Waals surface area contributed by atoms with E-state index in [-0.39, 0.29) is 28.4 Å². The van der Waals surface area contributed by atoms with Crippen molar-refractivity contribution in [2.75, 3.05) is 9.80 Å². The van der Waals surface area contributed by atoms with Gasteiger partial charge in [0, 0.05) is 39.4 Å². The van der Waals surface area contributed by atoms with Gasteiger partial charge in [-0.25, -0.2) is 0 Å². The molecule has 2 aliphatic heterocycles. The van der Waals surface area contributed by atoms with Crippen LogP contribution in [0.5, 0.6) is 0 Å². The summed E-state index contributed by atoms with van der Waals surface area (Å²) < 4.78 is 0. The van der Waals surface area contributed by atoms with Gasteiger partial charge in [-0.3, -0.25) is 0 Å². The summed E-state index contributed by atoms with van der Waals surface area (Å²) in [4.78, 5) is 5.35. The van der Waals surface area contributed by atoms with Crippen LogP contribution in [0.1, 0.15) is 102 Å². The molecule has 0 unspecified atom stereocenters. The fourth-order valence-corrected chi connectivity index (χ4v) is 12.9. The SMILES string of the molecule is Cc1cc(-c2ccccc2)ccc1N1c2cc3c(cc2B2c4ccc(-c5ccccc5)cc4N(c4cccc5c4-c4ccccc4C5(C)C)c4cc(C(C)(C)C)cc1c42)C(C)(C)CC3(C)C. The number of anilines is 6. The average molecular weight is 855 g/mol. The van der Waals surface area contributed by atoms with E-state index < -0.39 is 0 Å². The van der Waals surface area contributed by atoms with Crippen LogP contribution in [0.25, 0.3) is 33.4 Å². The van der Waals surface area contributed by atoms with Crippen molar-refractivity contribution in [2.24, 2.45) is 0 Å². The fourth-order valence-electron chi connectivity index (χ4n) is 12.9. The summed E-state index contributed by atoms with van der Waals surface area (Å²) in [6.45, 7) is 24.1. The summed E-state index contributed by atoms with van der Waals surface area (Å²) in [6.07, 6.45) is 1.11. The summed E-state index contributed by atoms with van der Waals surface area (Å²) in [5.74, 6) is 0. The van der Waals surface area contributed by atoms with Crippen LogP contribution < -0.4 is 26.2 Å². The zero-order valence-corrected chi connectivity index (χ0v) is 40.3. The molecule has 0 aromatic heterocycles. The lowest BCUT2D eigenvalue weighted by atomic mass is 9.33. The zero-order valence-electron chi connectivity index (χ0n) is 40.3. The Balaban J connectivity index is 1.22. The molecular weight excluding hydrogens is 796 g/mol. The standard InChI is InChI=1S/C63H59BN2/c1-39-32-42(40-20-13-11-14-21-40)29-31-52(39)65-55-37-49-48(61(5,6)38-62(49,7)8)36-51(55)64-50-30-28-43(41-22-15-12-16-23-41)33-54(50)66(57-35-44(60(2,3)4)34-56(65)59(57)64)53-27-19-26-47-58(53)45-24-17-18-25-46(45)63(47,9)10/h11-37H,38H2,1-10H3. The van der Waals surface area contributed by atoms with Crippen LogP contribution in [0.4, 0.5) is 34.1 Å². The molecule has 0 saturated heterocycles. The summed E-state index contributed by atoms with van der Waals surface area (Å²) >= 11 is 0. The highest BCUT2D eigenvalue weighted by Gasteiger charge is 2.49. The van der Waals surface area contributed by atoms with Crippen LogP contribution >= 0.6 is 0 Å². The monoisotopic (exact) mass is 854 g/mol. The normalized spacial score (nSPS) is 16.5. The van der Waals surface area contributed by atoms with Gasteiger partial charge in [-0.15, -0.1) is 0 Å². The van der Waals surface area contributed by atoms with E-state index in [1.54, 1.807) is 0 Å². The number of nitrogens with zero attached hydrogens (tertiary/aromatic N) is 2. The van der Waals surface area contributed by atoms with Gasteiger partial charge in [0.1, 0.15) is 0 Å². The topological polar surface area (TPSA) is 6.48 Å². The molecule has 0 bridgehead atoms. The van der Waals surface area contributed by atoms with Crippen molar-refractivity contribution in [3.8, 4) is 33.4 Å². The van der Waals surface area contributed by atoms with E-state index >= 15 is 0 Å². The summed E-state index contributed by atoms with van der Waals surface area (Å²) in [7, 11) is 0. The molecule has 66 heavy (non-hydrogen) atoms. The molecule has 0 spiro atoms. The highest BCUT2D eigenvalue weighted by molar-refractivity contribution is 7.00. The second-order valence-corrected chi connectivity index (χ2v) is 22.6. The number of aryl methyl sites for hydroxylation is 1. The van der Waals surface area contributed by atoms with E-state index in [2.05, 4.69) is 243 Å². The second kappa shape index (κ2) is 14.0. The number of rotatable bonds is 4. The van der Waals surface area contributed by atoms with Gasteiger partial charge in [0.15, 0.2) is 0 Å². The Morgan fingerprint density at radius 3 is 1.65 bits per heavy atom. The van der Waals surface area contributed by atoms with Crippen LogP contribution in [-0.4, -0.2) is 6.71 Å². The Bertz CT molecular complexity index is 3310. The van der Waals surface area contributed by atoms with Crippen molar-refractivity contribution in [1.82, 2.24) is 0 Å². The number of benzene rings is 8.